The molecule has 0 fully saturated rings. The molecule has 0 saturated heterocycles. The summed E-state index contributed by atoms with van der Waals surface area (Å²) in [4.78, 5) is 20.9. The minimum Gasteiger partial charge on any atom is -0.497 e. The van der Waals surface area contributed by atoms with Gasteiger partial charge in [-0.25, -0.2) is 9.59 Å². The highest BCUT2D eigenvalue weighted by Gasteiger charge is 2.15. The number of methoxy groups -OCH3 is 4. The second-order valence-corrected chi connectivity index (χ2v) is 8.03. The second kappa shape index (κ2) is 15.7. The molecule has 12 heteroatoms. The molecule has 1 atom stereocenters. The largest absolute Gasteiger partial charge is 0.497 e. The lowest BCUT2D eigenvalue weighted by Gasteiger charge is -2.17. The maximum atomic E-state index is 10.5. The summed E-state index contributed by atoms with van der Waals surface area (Å²) in [5, 5.41) is 17.1. The van der Waals surface area contributed by atoms with Crippen LogP contribution in [0.15, 0.2) is 54.6 Å². The van der Waals surface area contributed by atoms with Crippen molar-refractivity contribution in [3.05, 3.63) is 71.3 Å². The van der Waals surface area contributed by atoms with Crippen molar-refractivity contribution in [3.63, 3.8) is 0 Å². The van der Waals surface area contributed by atoms with Gasteiger partial charge in [-0.1, -0.05) is 12.1 Å². The van der Waals surface area contributed by atoms with Gasteiger partial charge in [-0.2, -0.15) is 0 Å². The monoisotopic (exact) mass is 558 g/mol. The van der Waals surface area contributed by atoms with Crippen molar-refractivity contribution in [3.8, 4) is 34.5 Å². The van der Waals surface area contributed by atoms with Gasteiger partial charge in [0.2, 0.25) is 0 Å². The van der Waals surface area contributed by atoms with Crippen molar-refractivity contribution in [2.75, 3.05) is 41.7 Å². The number of hydrogen-bond donors (Lipinski definition) is 4. The lowest BCUT2D eigenvalue weighted by Crippen LogP contribution is -2.13. The zero-order valence-electron chi connectivity index (χ0n) is 22.7. The van der Waals surface area contributed by atoms with Crippen molar-refractivity contribution in [2.24, 2.45) is 11.5 Å². The minimum atomic E-state index is -1.05. The zero-order chi connectivity index (χ0) is 29.7. The summed E-state index contributed by atoms with van der Waals surface area (Å²) in [7, 11) is 6.15. The van der Waals surface area contributed by atoms with E-state index in [2.05, 4.69) is 0 Å². The average Bonchev–Trinajstić information content (AvgIpc) is 2.98. The maximum absolute atomic E-state index is 10.5. The molecular formula is C28H34N2O10. The van der Waals surface area contributed by atoms with Crippen LogP contribution in [0, 0.1) is 0 Å². The third-order valence-electron chi connectivity index (χ3n) is 5.53. The van der Waals surface area contributed by atoms with Crippen molar-refractivity contribution in [2.45, 2.75) is 12.6 Å². The van der Waals surface area contributed by atoms with Gasteiger partial charge in [0, 0.05) is 35.9 Å². The number of carbonyl (C=O) groups is 2. The van der Waals surface area contributed by atoms with E-state index in [4.69, 9.17) is 50.1 Å². The summed E-state index contributed by atoms with van der Waals surface area (Å²) < 4.78 is 31.0. The Kier molecular flexibility index (Phi) is 12.4. The fourth-order valence-electron chi connectivity index (χ4n) is 3.56. The summed E-state index contributed by atoms with van der Waals surface area (Å²) in [5.41, 5.74) is 14.3. The predicted molar refractivity (Wildman–Crippen MR) is 146 cm³/mol. The first-order chi connectivity index (χ1) is 19.2. The maximum Gasteiger partial charge on any atom is 0.341 e. The number of ether oxygens (including phenoxy) is 6. The molecule has 3 rings (SSSR count). The van der Waals surface area contributed by atoms with E-state index in [-0.39, 0.29) is 19.2 Å². The normalized spacial score (nSPS) is 10.8. The van der Waals surface area contributed by atoms with Crippen LogP contribution in [0.1, 0.15) is 22.7 Å². The summed E-state index contributed by atoms with van der Waals surface area (Å²) in [6.45, 7) is -0.544. The highest BCUT2D eigenvalue weighted by Crippen LogP contribution is 2.34. The lowest BCUT2D eigenvalue weighted by molar-refractivity contribution is -0.140. The summed E-state index contributed by atoms with van der Waals surface area (Å²) in [6.07, 6.45) is 0. The minimum absolute atomic E-state index is 0.256. The van der Waals surface area contributed by atoms with Gasteiger partial charge >= 0.3 is 11.9 Å². The van der Waals surface area contributed by atoms with Crippen molar-refractivity contribution in [1.82, 2.24) is 0 Å². The van der Waals surface area contributed by atoms with Crippen molar-refractivity contribution in [1.29, 1.82) is 0 Å². The van der Waals surface area contributed by atoms with Crippen LogP contribution in [0.4, 0.5) is 0 Å². The number of nitrogens with two attached hydrogens (primary N) is 2. The van der Waals surface area contributed by atoms with E-state index in [1.54, 1.807) is 56.7 Å². The van der Waals surface area contributed by atoms with Crippen LogP contribution in [0.25, 0.3) is 0 Å². The molecule has 3 aromatic rings. The van der Waals surface area contributed by atoms with Gasteiger partial charge in [-0.15, -0.1) is 0 Å². The lowest BCUT2D eigenvalue weighted by atomic mass is 9.98. The van der Waals surface area contributed by atoms with Crippen LogP contribution in [-0.4, -0.2) is 63.8 Å². The van der Waals surface area contributed by atoms with Crippen molar-refractivity contribution >= 4 is 11.9 Å². The Hall–Kier alpha value is -4.68. The molecule has 0 aliphatic carbocycles. The fourth-order valence-corrected chi connectivity index (χ4v) is 3.56. The SMILES string of the molecule is COc1cc(OCC(=O)O)cc(OC)c1CN.COc1ccc(C(N)c2ccc(OCC(=O)O)cc2)c(OC)c1. The van der Waals surface area contributed by atoms with E-state index in [0.29, 0.717) is 40.1 Å². The van der Waals surface area contributed by atoms with E-state index < -0.39 is 18.5 Å². The second-order valence-electron chi connectivity index (χ2n) is 8.03. The molecule has 0 radical (unpaired) electrons. The van der Waals surface area contributed by atoms with Gasteiger partial charge < -0.3 is 50.1 Å². The van der Waals surface area contributed by atoms with E-state index in [1.165, 1.54) is 14.2 Å². The number of benzene rings is 3. The van der Waals surface area contributed by atoms with Crippen LogP contribution in [0.3, 0.4) is 0 Å². The highest BCUT2D eigenvalue weighted by molar-refractivity contribution is 5.69. The van der Waals surface area contributed by atoms with Crippen LogP contribution in [0.5, 0.6) is 34.5 Å². The Labute approximate surface area is 231 Å². The molecule has 0 aliphatic heterocycles. The van der Waals surface area contributed by atoms with Gasteiger partial charge in [0.25, 0.3) is 0 Å². The fraction of sp³-hybridized carbons (Fsp3) is 0.286. The van der Waals surface area contributed by atoms with Gasteiger partial charge in [-0.05, 0) is 29.8 Å². The highest BCUT2D eigenvalue weighted by atomic mass is 16.5. The van der Waals surface area contributed by atoms with E-state index >= 15 is 0 Å². The third-order valence-corrected chi connectivity index (χ3v) is 5.53. The molecule has 0 spiro atoms. The number of hydrogen-bond acceptors (Lipinski definition) is 10. The van der Waals surface area contributed by atoms with Gasteiger partial charge in [-0.3, -0.25) is 0 Å². The first kappa shape index (κ1) is 31.5. The van der Waals surface area contributed by atoms with Crippen LogP contribution < -0.4 is 39.9 Å². The molecule has 0 aliphatic rings. The van der Waals surface area contributed by atoms with Crippen LogP contribution in [-0.2, 0) is 16.1 Å². The standard InChI is InChI=1S/C17H19NO5.C11H15NO5/c1-21-13-7-8-14(15(9-13)22-2)17(18)11-3-5-12(6-4-11)23-10-16(19)20;1-15-9-3-7(17-6-11(13)14)4-10(16-2)8(9)5-12/h3-9,17H,10,18H2,1-2H3,(H,19,20);3-4H,5-6,12H2,1-2H3,(H,13,14). The molecule has 0 bridgehead atoms. The molecule has 0 heterocycles. The zero-order valence-corrected chi connectivity index (χ0v) is 22.7. The van der Waals surface area contributed by atoms with Gasteiger partial charge in [0.05, 0.1) is 34.5 Å². The Morgan fingerprint density at radius 1 is 0.700 bits per heavy atom. The molecule has 40 heavy (non-hydrogen) atoms. The Morgan fingerprint density at radius 3 is 1.62 bits per heavy atom. The van der Waals surface area contributed by atoms with E-state index in [9.17, 15) is 9.59 Å². The average molecular weight is 559 g/mol. The van der Waals surface area contributed by atoms with Gasteiger partial charge in [0.1, 0.15) is 34.5 Å². The van der Waals surface area contributed by atoms with Crippen molar-refractivity contribution < 1.29 is 48.2 Å². The van der Waals surface area contributed by atoms with Crippen LogP contribution in [0.2, 0.25) is 0 Å². The first-order valence-corrected chi connectivity index (χ1v) is 11.9. The molecule has 3 aromatic carbocycles. The number of aliphatic carboxylic acids is 2. The molecule has 0 saturated carbocycles. The summed E-state index contributed by atoms with van der Waals surface area (Å²) >= 11 is 0. The van der Waals surface area contributed by atoms with E-state index in [1.807, 2.05) is 12.1 Å². The molecule has 1 unspecified atom stereocenters. The topological polar surface area (TPSA) is 182 Å². The molecule has 0 aromatic heterocycles. The smallest absolute Gasteiger partial charge is 0.341 e. The first-order valence-electron chi connectivity index (χ1n) is 11.9. The molecule has 12 nitrogen and oxygen atoms in total. The third kappa shape index (κ3) is 8.96. The number of carboxylic acids is 2. The Morgan fingerprint density at radius 2 is 1.18 bits per heavy atom. The predicted octanol–water partition coefficient (Wildman–Crippen LogP) is 2.84. The molecule has 0 amide bonds. The number of rotatable bonds is 13. The quantitative estimate of drug-likeness (QED) is 0.241. The molecular weight excluding hydrogens is 524 g/mol. The Balaban J connectivity index is 0.000000294. The summed E-state index contributed by atoms with van der Waals surface area (Å²) in [5.74, 6) is 1.11. The molecule has 6 N–H and O–H groups in total. The van der Waals surface area contributed by atoms with Gasteiger partial charge in [0.15, 0.2) is 13.2 Å². The Bertz CT molecular complexity index is 1240. The van der Waals surface area contributed by atoms with E-state index in [0.717, 1.165) is 11.1 Å². The number of carboxylic acid groups (broad SMARTS) is 2. The van der Waals surface area contributed by atoms with Crippen LogP contribution >= 0.6 is 0 Å². The molecule has 216 valence electrons. The summed E-state index contributed by atoms with van der Waals surface area (Å²) in [6, 6.07) is 15.2.